The Morgan fingerprint density at radius 2 is 0.944 bits per heavy atom. The van der Waals surface area contributed by atoms with E-state index in [9.17, 15) is 0 Å². The lowest BCUT2D eigenvalue weighted by molar-refractivity contribution is 0.660. The van der Waals surface area contributed by atoms with Crippen LogP contribution >= 0.6 is 0 Å². The average Bonchev–Trinajstić information content (AvgIpc) is 3.47. The van der Waals surface area contributed by atoms with Crippen LogP contribution in [0.15, 0.2) is 200 Å². The van der Waals surface area contributed by atoms with Gasteiger partial charge < -0.3 is 4.90 Å². The summed E-state index contributed by atoms with van der Waals surface area (Å²) in [5.41, 5.74) is 15.8. The Balaban J connectivity index is 1.24. The summed E-state index contributed by atoms with van der Waals surface area (Å²) in [7, 11) is 0. The van der Waals surface area contributed by atoms with E-state index < -0.39 is 0 Å². The third-order valence-corrected chi connectivity index (χ3v) is 11.5. The smallest absolute Gasteiger partial charge is 0.0543 e. The third-order valence-electron chi connectivity index (χ3n) is 11.5. The lowest BCUT2D eigenvalue weighted by Crippen LogP contribution is -2.16. The van der Waals surface area contributed by atoms with Gasteiger partial charge in [0.25, 0.3) is 0 Å². The summed E-state index contributed by atoms with van der Waals surface area (Å²) in [5, 5.41) is 4.97. The molecule has 0 spiro atoms. The minimum Gasteiger partial charge on any atom is -0.309 e. The van der Waals surface area contributed by atoms with Crippen LogP contribution in [0.25, 0.3) is 66.1 Å². The molecule has 0 bridgehead atoms. The van der Waals surface area contributed by atoms with Gasteiger partial charge >= 0.3 is 0 Å². The second-order valence-corrected chi connectivity index (χ2v) is 14.9. The monoisotopic (exact) mass is 689 g/mol. The molecule has 0 heterocycles. The van der Waals surface area contributed by atoms with E-state index in [1.165, 1.54) is 82.9 Å². The van der Waals surface area contributed by atoms with Gasteiger partial charge in [-0.25, -0.2) is 0 Å². The van der Waals surface area contributed by atoms with E-state index in [2.05, 4.69) is 219 Å². The van der Waals surface area contributed by atoms with E-state index in [4.69, 9.17) is 0 Å². The molecule has 0 saturated carbocycles. The fraction of sp³-hybridized carbons (Fsp3) is 0.0566. The maximum Gasteiger partial charge on any atom is 0.0543 e. The molecule has 0 N–H and O–H groups in total. The SMILES string of the molecule is CC1(C)c2ccccc2-c2c(N(c3ccc(-c4ccc5ccccc5c4)cc3)c3ccc(-c4ccccc4)cc3-c3cccc4ccccc34)cccc21. The molecule has 0 unspecified atom stereocenters. The third kappa shape index (κ3) is 5.24. The molecule has 1 heteroatoms. The molecule has 54 heavy (non-hydrogen) atoms. The van der Waals surface area contributed by atoms with Gasteiger partial charge in [0.1, 0.15) is 0 Å². The molecule has 10 rings (SSSR count). The van der Waals surface area contributed by atoms with Gasteiger partial charge in [0.05, 0.1) is 11.4 Å². The Labute approximate surface area is 317 Å². The second kappa shape index (κ2) is 12.8. The number of benzene rings is 9. The summed E-state index contributed by atoms with van der Waals surface area (Å²) < 4.78 is 0. The Kier molecular flexibility index (Phi) is 7.56. The summed E-state index contributed by atoms with van der Waals surface area (Å²) in [6, 6.07) is 73.5. The molecule has 256 valence electrons. The van der Waals surface area contributed by atoms with Gasteiger partial charge in [0.2, 0.25) is 0 Å². The van der Waals surface area contributed by atoms with E-state index in [0.29, 0.717) is 0 Å². The minimum absolute atomic E-state index is 0.122. The average molecular weight is 690 g/mol. The topological polar surface area (TPSA) is 3.24 Å². The van der Waals surface area contributed by atoms with E-state index in [0.717, 1.165) is 11.4 Å². The van der Waals surface area contributed by atoms with E-state index in [-0.39, 0.29) is 5.41 Å². The van der Waals surface area contributed by atoms with E-state index >= 15 is 0 Å². The molecule has 1 nitrogen and oxygen atoms in total. The molecular weight excluding hydrogens is 651 g/mol. The fourth-order valence-electron chi connectivity index (χ4n) is 8.72. The van der Waals surface area contributed by atoms with Crippen LogP contribution in [-0.4, -0.2) is 0 Å². The van der Waals surface area contributed by atoms with Crippen molar-refractivity contribution in [1.29, 1.82) is 0 Å². The molecule has 0 amide bonds. The maximum absolute atomic E-state index is 2.51. The second-order valence-electron chi connectivity index (χ2n) is 14.9. The highest BCUT2D eigenvalue weighted by Gasteiger charge is 2.38. The first kappa shape index (κ1) is 32.0. The molecule has 0 radical (unpaired) electrons. The largest absolute Gasteiger partial charge is 0.309 e. The summed E-state index contributed by atoms with van der Waals surface area (Å²) in [6.45, 7) is 4.72. The predicted octanol–water partition coefficient (Wildman–Crippen LogP) is 14.8. The molecule has 1 aliphatic carbocycles. The zero-order chi connectivity index (χ0) is 36.2. The molecule has 1 aliphatic rings. The normalized spacial score (nSPS) is 12.8. The van der Waals surface area contributed by atoms with Crippen LogP contribution in [-0.2, 0) is 5.41 Å². The molecule has 0 atom stereocenters. The number of hydrogen-bond donors (Lipinski definition) is 0. The van der Waals surface area contributed by atoms with Crippen molar-refractivity contribution < 1.29 is 0 Å². The highest BCUT2D eigenvalue weighted by atomic mass is 15.1. The number of anilines is 3. The Morgan fingerprint density at radius 1 is 0.352 bits per heavy atom. The Bertz CT molecular complexity index is 2840. The van der Waals surface area contributed by atoms with Gasteiger partial charge in [-0.15, -0.1) is 0 Å². The summed E-state index contributed by atoms with van der Waals surface area (Å²) >= 11 is 0. The van der Waals surface area contributed by atoms with Crippen LogP contribution in [0.3, 0.4) is 0 Å². The molecule has 9 aromatic carbocycles. The van der Waals surface area contributed by atoms with Crippen LogP contribution in [0.4, 0.5) is 17.1 Å². The van der Waals surface area contributed by atoms with E-state index in [1.54, 1.807) is 0 Å². The Hall–Kier alpha value is -6.70. The Morgan fingerprint density at radius 3 is 1.80 bits per heavy atom. The minimum atomic E-state index is -0.122. The molecule has 9 aromatic rings. The van der Waals surface area contributed by atoms with Crippen LogP contribution in [0.5, 0.6) is 0 Å². The zero-order valence-corrected chi connectivity index (χ0v) is 30.5. The van der Waals surface area contributed by atoms with Crippen LogP contribution in [0.2, 0.25) is 0 Å². The van der Waals surface area contributed by atoms with Crippen molar-refractivity contribution in [3.8, 4) is 44.5 Å². The number of hydrogen-bond acceptors (Lipinski definition) is 1. The van der Waals surface area contributed by atoms with Gasteiger partial charge in [-0.05, 0) is 102 Å². The molecular formula is C53H39N. The fourth-order valence-corrected chi connectivity index (χ4v) is 8.72. The lowest BCUT2D eigenvalue weighted by Gasteiger charge is -2.31. The standard InChI is InChI=1S/C53H39N/c1-53(2)48-23-11-10-21-46(48)52-49(53)24-13-25-51(52)54(43-31-28-38(29-32-43)41-27-26-37-16-6-7-18-40(37)34-41)50-33-30-42(36-14-4-3-5-15-36)35-47(50)45-22-12-19-39-17-8-9-20-44(39)45/h3-35H,1-2H3. The molecule has 0 aromatic heterocycles. The van der Waals surface area contributed by atoms with Crippen molar-refractivity contribution >= 4 is 38.6 Å². The summed E-state index contributed by atoms with van der Waals surface area (Å²) in [4.78, 5) is 2.51. The van der Waals surface area contributed by atoms with Crippen LogP contribution < -0.4 is 4.90 Å². The van der Waals surface area contributed by atoms with Gasteiger partial charge in [0, 0.05) is 22.2 Å². The van der Waals surface area contributed by atoms with Crippen molar-refractivity contribution in [2.24, 2.45) is 0 Å². The van der Waals surface area contributed by atoms with Crippen molar-refractivity contribution in [2.45, 2.75) is 19.3 Å². The summed E-state index contributed by atoms with van der Waals surface area (Å²) in [5.74, 6) is 0. The highest BCUT2D eigenvalue weighted by molar-refractivity contribution is 6.04. The van der Waals surface area contributed by atoms with E-state index in [1.807, 2.05) is 0 Å². The first-order valence-corrected chi connectivity index (χ1v) is 18.8. The lowest BCUT2D eigenvalue weighted by atomic mass is 9.82. The van der Waals surface area contributed by atoms with Crippen molar-refractivity contribution in [2.75, 3.05) is 4.90 Å². The van der Waals surface area contributed by atoms with Crippen LogP contribution in [0.1, 0.15) is 25.0 Å². The van der Waals surface area contributed by atoms with Gasteiger partial charge in [0.15, 0.2) is 0 Å². The first-order chi connectivity index (χ1) is 26.5. The number of fused-ring (bicyclic) bond motifs is 5. The van der Waals surface area contributed by atoms with Gasteiger partial charge in [-0.3, -0.25) is 0 Å². The maximum atomic E-state index is 2.51. The van der Waals surface area contributed by atoms with Crippen molar-refractivity contribution in [3.05, 3.63) is 211 Å². The van der Waals surface area contributed by atoms with Crippen LogP contribution in [0, 0.1) is 0 Å². The molecule has 0 aliphatic heterocycles. The predicted molar refractivity (Wildman–Crippen MR) is 230 cm³/mol. The van der Waals surface area contributed by atoms with Crippen molar-refractivity contribution in [1.82, 2.24) is 0 Å². The highest BCUT2D eigenvalue weighted by Crippen LogP contribution is 2.55. The zero-order valence-electron chi connectivity index (χ0n) is 30.5. The van der Waals surface area contributed by atoms with Gasteiger partial charge in [-0.1, -0.05) is 178 Å². The number of nitrogens with zero attached hydrogens (tertiary/aromatic N) is 1. The molecule has 0 fully saturated rings. The molecule has 0 saturated heterocycles. The summed E-state index contributed by atoms with van der Waals surface area (Å²) in [6.07, 6.45) is 0. The van der Waals surface area contributed by atoms with Crippen molar-refractivity contribution in [3.63, 3.8) is 0 Å². The first-order valence-electron chi connectivity index (χ1n) is 18.8. The quantitative estimate of drug-likeness (QED) is 0.168. The number of rotatable bonds is 6. The van der Waals surface area contributed by atoms with Gasteiger partial charge in [-0.2, -0.15) is 0 Å².